The van der Waals surface area contributed by atoms with E-state index >= 15 is 0 Å². The number of hydrogen-bond donors (Lipinski definition) is 1. The molecule has 1 aromatic heterocycles. The van der Waals surface area contributed by atoms with Crippen molar-refractivity contribution in [2.24, 2.45) is 5.92 Å². The Bertz CT molecular complexity index is 289. The van der Waals surface area contributed by atoms with Crippen LogP contribution in [0.5, 0.6) is 5.88 Å². The Kier molecular flexibility index (Phi) is 3.83. The highest BCUT2D eigenvalue weighted by Gasteiger charge is 2.09. The molecular weight excluding hydrogens is 180 g/mol. The zero-order chi connectivity index (χ0) is 10.6. The van der Waals surface area contributed by atoms with Gasteiger partial charge in [0.2, 0.25) is 5.88 Å². The molecule has 0 aliphatic heterocycles. The molecule has 0 aliphatic carbocycles. The van der Waals surface area contributed by atoms with E-state index in [0.29, 0.717) is 17.5 Å². The maximum Gasteiger partial charge on any atom is 0.232 e. The summed E-state index contributed by atoms with van der Waals surface area (Å²) in [4.78, 5) is 8.00. The number of rotatable bonds is 4. The highest BCUT2D eigenvalue weighted by atomic mass is 16.5. The fraction of sp³-hybridized carbons (Fsp3) is 0.600. The van der Waals surface area contributed by atoms with Crippen molar-refractivity contribution in [3.8, 4) is 5.88 Å². The van der Waals surface area contributed by atoms with Gasteiger partial charge in [0.05, 0.1) is 30.8 Å². The summed E-state index contributed by atoms with van der Waals surface area (Å²) in [6.45, 7) is 6.03. The Hall–Kier alpha value is -1.16. The summed E-state index contributed by atoms with van der Waals surface area (Å²) in [5.41, 5.74) is 0.526. The standard InChI is InChI=1S/C10H16N2O2/c1-7(2)8(3)14-10-5-11-4-9(6-13)12-10/h4-5,7-8,13H,6H2,1-3H3. The fourth-order valence-corrected chi connectivity index (χ4v) is 0.846. The van der Waals surface area contributed by atoms with Gasteiger partial charge in [0, 0.05) is 0 Å². The molecule has 0 spiro atoms. The van der Waals surface area contributed by atoms with Crippen LogP contribution in [0.1, 0.15) is 26.5 Å². The van der Waals surface area contributed by atoms with Crippen LogP contribution >= 0.6 is 0 Å². The molecule has 1 heterocycles. The topological polar surface area (TPSA) is 55.2 Å². The number of hydrogen-bond acceptors (Lipinski definition) is 4. The van der Waals surface area contributed by atoms with Crippen molar-refractivity contribution >= 4 is 0 Å². The van der Waals surface area contributed by atoms with E-state index in [1.807, 2.05) is 6.92 Å². The second-order valence-corrected chi connectivity index (χ2v) is 3.57. The second-order valence-electron chi connectivity index (χ2n) is 3.57. The summed E-state index contributed by atoms with van der Waals surface area (Å²) in [7, 11) is 0. The smallest absolute Gasteiger partial charge is 0.232 e. The van der Waals surface area contributed by atoms with Gasteiger partial charge in [-0.15, -0.1) is 0 Å². The van der Waals surface area contributed by atoms with E-state index < -0.39 is 0 Å². The lowest BCUT2D eigenvalue weighted by Crippen LogP contribution is -2.19. The van der Waals surface area contributed by atoms with E-state index in [1.165, 1.54) is 6.20 Å². The minimum absolute atomic E-state index is 0.0956. The number of aliphatic hydroxyl groups excluding tert-OH is 1. The van der Waals surface area contributed by atoms with Gasteiger partial charge in [0.15, 0.2) is 0 Å². The first kappa shape index (κ1) is 10.9. The molecule has 0 aliphatic rings. The van der Waals surface area contributed by atoms with Crippen molar-refractivity contribution in [1.29, 1.82) is 0 Å². The molecule has 0 radical (unpaired) electrons. The summed E-state index contributed by atoms with van der Waals surface area (Å²) in [6.07, 6.45) is 3.17. The molecule has 0 saturated carbocycles. The quantitative estimate of drug-likeness (QED) is 0.790. The Morgan fingerprint density at radius 1 is 1.36 bits per heavy atom. The van der Waals surface area contributed by atoms with Gasteiger partial charge in [0.1, 0.15) is 0 Å². The number of aromatic nitrogens is 2. The second kappa shape index (κ2) is 4.91. The van der Waals surface area contributed by atoms with E-state index in [-0.39, 0.29) is 12.7 Å². The Labute approximate surface area is 84.0 Å². The lowest BCUT2D eigenvalue weighted by molar-refractivity contribution is 0.161. The number of aliphatic hydroxyl groups is 1. The third-order valence-corrected chi connectivity index (χ3v) is 2.07. The van der Waals surface area contributed by atoms with Crippen LogP contribution in [0.15, 0.2) is 12.4 Å². The first-order valence-corrected chi connectivity index (χ1v) is 4.72. The van der Waals surface area contributed by atoms with E-state index in [2.05, 4.69) is 23.8 Å². The maximum atomic E-state index is 8.85. The summed E-state index contributed by atoms with van der Waals surface area (Å²) in [5, 5.41) is 8.85. The Balaban J connectivity index is 2.66. The van der Waals surface area contributed by atoms with Gasteiger partial charge in [-0.1, -0.05) is 13.8 Å². The third-order valence-electron chi connectivity index (χ3n) is 2.07. The molecule has 0 amide bonds. The normalized spacial score (nSPS) is 12.9. The van der Waals surface area contributed by atoms with Crippen molar-refractivity contribution in [3.05, 3.63) is 18.1 Å². The van der Waals surface area contributed by atoms with Crippen LogP contribution in [0.4, 0.5) is 0 Å². The predicted octanol–water partition coefficient (Wildman–Crippen LogP) is 1.39. The predicted molar refractivity (Wildman–Crippen MR) is 52.9 cm³/mol. The van der Waals surface area contributed by atoms with Gasteiger partial charge in [-0.05, 0) is 12.8 Å². The number of ether oxygens (including phenoxy) is 1. The zero-order valence-electron chi connectivity index (χ0n) is 8.77. The highest BCUT2D eigenvalue weighted by Crippen LogP contribution is 2.12. The van der Waals surface area contributed by atoms with Crippen LogP contribution < -0.4 is 4.74 Å². The summed E-state index contributed by atoms with van der Waals surface area (Å²) in [6, 6.07) is 0. The monoisotopic (exact) mass is 196 g/mol. The molecule has 1 atom stereocenters. The largest absolute Gasteiger partial charge is 0.473 e. The van der Waals surface area contributed by atoms with Gasteiger partial charge in [-0.3, -0.25) is 4.98 Å². The van der Waals surface area contributed by atoms with Crippen molar-refractivity contribution in [3.63, 3.8) is 0 Å². The summed E-state index contributed by atoms with van der Waals surface area (Å²) in [5.74, 6) is 0.896. The Morgan fingerprint density at radius 2 is 2.07 bits per heavy atom. The van der Waals surface area contributed by atoms with Crippen LogP contribution in [-0.4, -0.2) is 21.2 Å². The third kappa shape index (κ3) is 2.96. The molecule has 0 saturated heterocycles. The van der Waals surface area contributed by atoms with Crippen molar-refractivity contribution in [2.75, 3.05) is 0 Å². The van der Waals surface area contributed by atoms with Crippen LogP contribution in [0.2, 0.25) is 0 Å². The van der Waals surface area contributed by atoms with Gasteiger partial charge in [-0.2, -0.15) is 0 Å². The highest BCUT2D eigenvalue weighted by molar-refractivity contribution is 5.07. The van der Waals surface area contributed by atoms with E-state index in [9.17, 15) is 0 Å². The summed E-state index contributed by atoms with van der Waals surface area (Å²) >= 11 is 0. The van der Waals surface area contributed by atoms with Crippen LogP contribution in [0.25, 0.3) is 0 Å². The molecular formula is C10H16N2O2. The first-order chi connectivity index (χ1) is 6.63. The molecule has 0 bridgehead atoms. The lowest BCUT2D eigenvalue weighted by atomic mass is 10.1. The minimum atomic E-state index is -0.111. The Morgan fingerprint density at radius 3 is 2.64 bits per heavy atom. The molecule has 0 aromatic carbocycles. The molecule has 4 heteroatoms. The van der Waals surface area contributed by atoms with Crippen LogP contribution in [-0.2, 0) is 6.61 Å². The maximum absolute atomic E-state index is 8.85. The SMILES string of the molecule is CC(C)C(C)Oc1cncc(CO)n1. The fourth-order valence-electron chi connectivity index (χ4n) is 0.846. The van der Waals surface area contributed by atoms with Crippen molar-refractivity contribution in [1.82, 2.24) is 9.97 Å². The molecule has 4 nitrogen and oxygen atoms in total. The minimum Gasteiger partial charge on any atom is -0.473 e. The van der Waals surface area contributed by atoms with Gasteiger partial charge in [-0.25, -0.2) is 4.98 Å². The molecule has 1 aromatic rings. The van der Waals surface area contributed by atoms with Gasteiger partial charge in [0.25, 0.3) is 0 Å². The molecule has 1 unspecified atom stereocenters. The molecule has 14 heavy (non-hydrogen) atoms. The van der Waals surface area contributed by atoms with Crippen molar-refractivity contribution in [2.45, 2.75) is 33.5 Å². The van der Waals surface area contributed by atoms with E-state index in [4.69, 9.17) is 9.84 Å². The average Bonchev–Trinajstić information content (AvgIpc) is 2.18. The average molecular weight is 196 g/mol. The molecule has 1 rings (SSSR count). The van der Waals surface area contributed by atoms with Crippen molar-refractivity contribution < 1.29 is 9.84 Å². The summed E-state index contributed by atoms with van der Waals surface area (Å²) < 4.78 is 5.53. The number of nitrogens with zero attached hydrogens (tertiary/aromatic N) is 2. The van der Waals surface area contributed by atoms with Crippen LogP contribution in [0.3, 0.4) is 0 Å². The lowest BCUT2D eigenvalue weighted by Gasteiger charge is -2.16. The zero-order valence-corrected chi connectivity index (χ0v) is 8.77. The molecule has 0 fully saturated rings. The first-order valence-electron chi connectivity index (χ1n) is 4.72. The van der Waals surface area contributed by atoms with Crippen LogP contribution in [0, 0.1) is 5.92 Å². The van der Waals surface area contributed by atoms with E-state index in [0.717, 1.165) is 0 Å². The van der Waals surface area contributed by atoms with Gasteiger partial charge < -0.3 is 9.84 Å². The molecule has 78 valence electrons. The molecule has 1 N–H and O–H groups in total. The van der Waals surface area contributed by atoms with E-state index in [1.54, 1.807) is 6.20 Å². The van der Waals surface area contributed by atoms with Gasteiger partial charge >= 0.3 is 0 Å².